The number of hydrogen-bond donors (Lipinski definition) is 3. The summed E-state index contributed by atoms with van der Waals surface area (Å²) in [4.78, 5) is 16.1. The van der Waals surface area contributed by atoms with Gasteiger partial charge in [0.2, 0.25) is 0 Å². The molecule has 0 heterocycles. The Balaban J connectivity index is 0.00000320. The van der Waals surface area contributed by atoms with E-state index in [0.29, 0.717) is 18.3 Å². The molecule has 1 aromatic carbocycles. The van der Waals surface area contributed by atoms with Gasteiger partial charge in [-0.25, -0.2) is 0 Å². The molecule has 7 heteroatoms. The number of rotatable bonds is 9. The van der Waals surface area contributed by atoms with Crippen molar-refractivity contribution in [3.05, 3.63) is 29.8 Å². The first-order valence-electron chi connectivity index (χ1n) is 11.1. The highest BCUT2D eigenvalue weighted by atomic mass is 127. The third kappa shape index (κ3) is 9.10. The summed E-state index contributed by atoms with van der Waals surface area (Å²) in [7, 11) is 1.80. The van der Waals surface area contributed by atoms with Gasteiger partial charge in [0.1, 0.15) is 5.75 Å². The first-order chi connectivity index (χ1) is 14.1. The Morgan fingerprint density at radius 1 is 1.20 bits per heavy atom. The van der Waals surface area contributed by atoms with Crippen molar-refractivity contribution in [2.75, 3.05) is 20.2 Å². The van der Waals surface area contributed by atoms with E-state index in [1.54, 1.807) is 7.05 Å². The molecule has 168 valence electrons. The van der Waals surface area contributed by atoms with Gasteiger partial charge < -0.3 is 20.7 Å². The molecule has 0 aliphatic heterocycles. The lowest BCUT2D eigenvalue weighted by Gasteiger charge is -2.26. The lowest BCUT2D eigenvalue weighted by molar-refractivity contribution is -0.123. The molecule has 6 nitrogen and oxygen atoms in total. The Morgan fingerprint density at radius 3 is 2.77 bits per heavy atom. The minimum atomic E-state index is -0.0482. The fourth-order valence-corrected chi connectivity index (χ4v) is 4.01. The summed E-state index contributed by atoms with van der Waals surface area (Å²) in [6, 6.07) is 8.20. The monoisotopic (exact) mass is 528 g/mol. The number of nitrogens with one attached hydrogen (secondary N) is 3. The van der Waals surface area contributed by atoms with Crippen LogP contribution >= 0.6 is 24.0 Å². The summed E-state index contributed by atoms with van der Waals surface area (Å²) in [5.41, 5.74) is 1.09. The number of ether oxygens (including phenoxy) is 1. The van der Waals surface area contributed by atoms with Gasteiger partial charge in [0.15, 0.2) is 12.6 Å². The van der Waals surface area contributed by atoms with Gasteiger partial charge in [-0.1, -0.05) is 38.3 Å². The summed E-state index contributed by atoms with van der Waals surface area (Å²) < 4.78 is 5.63. The third-order valence-corrected chi connectivity index (χ3v) is 5.78. The third-order valence-electron chi connectivity index (χ3n) is 5.78. The first-order valence-corrected chi connectivity index (χ1v) is 11.1. The van der Waals surface area contributed by atoms with Gasteiger partial charge in [0.25, 0.3) is 5.91 Å². The van der Waals surface area contributed by atoms with Crippen LogP contribution < -0.4 is 20.7 Å². The molecule has 2 aliphatic carbocycles. The maximum Gasteiger partial charge on any atom is 0.258 e. The Hall–Kier alpha value is -1.51. The van der Waals surface area contributed by atoms with Gasteiger partial charge in [-0.05, 0) is 55.2 Å². The van der Waals surface area contributed by atoms with Crippen molar-refractivity contribution in [3.63, 3.8) is 0 Å². The number of carbonyl (C=O) groups is 1. The zero-order valence-corrected chi connectivity index (χ0v) is 20.6. The van der Waals surface area contributed by atoms with E-state index in [1.165, 1.54) is 32.1 Å². The first kappa shape index (κ1) is 24.8. The van der Waals surface area contributed by atoms with Crippen molar-refractivity contribution in [1.29, 1.82) is 0 Å². The number of halogens is 1. The summed E-state index contributed by atoms with van der Waals surface area (Å²) in [5.74, 6) is 3.21. The molecule has 2 aliphatic rings. The number of hydrogen-bond acceptors (Lipinski definition) is 3. The summed E-state index contributed by atoms with van der Waals surface area (Å²) >= 11 is 0. The van der Waals surface area contributed by atoms with Gasteiger partial charge in [0.05, 0.1) is 0 Å². The minimum absolute atomic E-state index is 0. The van der Waals surface area contributed by atoms with Crippen LogP contribution in [0.3, 0.4) is 0 Å². The van der Waals surface area contributed by atoms with Crippen LogP contribution in [0.5, 0.6) is 5.75 Å². The maximum atomic E-state index is 11.8. The maximum absolute atomic E-state index is 11.8. The van der Waals surface area contributed by atoms with E-state index in [-0.39, 0.29) is 36.5 Å². The van der Waals surface area contributed by atoms with E-state index >= 15 is 0 Å². The van der Waals surface area contributed by atoms with Crippen molar-refractivity contribution < 1.29 is 9.53 Å². The average molecular weight is 528 g/mol. The molecule has 2 atom stereocenters. The van der Waals surface area contributed by atoms with E-state index < -0.39 is 0 Å². The van der Waals surface area contributed by atoms with Crippen molar-refractivity contribution in [2.45, 2.75) is 64.5 Å². The van der Waals surface area contributed by atoms with Crippen LogP contribution in [0.25, 0.3) is 0 Å². The molecule has 30 heavy (non-hydrogen) atoms. The van der Waals surface area contributed by atoms with Crippen LogP contribution in [0.15, 0.2) is 29.3 Å². The molecule has 2 unspecified atom stereocenters. The minimum Gasteiger partial charge on any atom is -0.484 e. The largest absolute Gasteiger partial charge is 0.484 e. The molecule has 0 saturated heterocycles. The zero-order chi connectivity index (χ0) is 20.5. The number of amides is 1. The predicted octanol–water partition coefficient (Wildman–Crippen LogP) is 3.84. The van der Waals surface area contributed by atoms with Crippen LogP contribution in [-0.2, 0) is 11.3 Å². The van der Waals surface area contributed by atoms with E-state index in [4.69, 9.17) is 4.74 Å². The zero-order valence-electron chi connectivity index (χ0n) is 18.3. The second kappa shape index (κ2) is 13.0. The average Bonchev–Trinajstić information content (AvgIpc) is 3.53. The van der Waals surface area contributed by atoms with Gasteiger partial charge in [-0.15, -0.1) is 24.0 Å². The fraction of sp³-hybridized carbons (Fsp3) is 0.652. The SMILES string of the molecule is CN=C(NCCC1CCCC(C)C1)NCc1cccc(OCC(=O)NC2CC2)c1.I. The van der Waals surface area contributed by atoms with Crippen LogP contribution in [0.2, 0.25) is 0 Å². The van der Waals surface area contributed by atoms with E-state index in [2.05, 4.69) is 27.9 Å². The van der Waals surface area contributed by atoms with Crippen molar-refractivity contribution in [3.8, 4) is 5.75 Å². The molecular formula is C23H37IN4O2. The quantitative estimate of drug-likeness (QED) is 0.259. The summed E-state index contributed by atoms with van der Waals surface area (Å²) in [6.45, 7) is 4.05. The molecule has 0 radical (unpaired) electrons. The van der Waals surface area contributed by atoms with Crippen molar-refractivity contribution in [1.82, 2.24) is 16.0 Å². The number of guanidine groups is 1. The van der Waals surface area contributed by atoms with Gasteiger partial charge in [0, 0.05) is 26.2 Å². The molecular weight excluding hydrogens is 491 g/mol. The smallest absolute Gasteiger partial charge is 0.258 e. The Kier molecular flexibility index (Phi) is 10.7. The van der Waals surface area contributed by atoms with Crippen LogP contribution in [0.1, 0.15) is 57.4 Å². The van der Waals surface area contributed by atoms with Gasteiger partial charge in [-0.2, -0.15) is 0 Å². The highest BCUT2D eigenvalue weighted by Crippen LogP contribution is 2.30. The lowest BCUT2D eigenvalue weighted by atomic mass is 9.81. The Morgan fingerprint density at radius 2 is 2.03 bits per heavy atom. The number of carbonyl (C=O) groups excluding carboxylic acids is 1. The predicted molar refractivity (Wildman–Crippen MR) is 132 cm³/mol. The normalized spacial score (nSPS) is 21.3. The number of benzene rings is 1. The van der Waals surface area contributed by atoms with Crippen LogP contribution in [-0.4, -0.2) is 38.1 Å². The molecule has 2 saturated carbocycles. The molecule has 0 spiro atoms. The van der Waals surface area contributed by atoms with Crippen molar-refractivity contribution >= 4 is 35.8 Å². The molecule has 1 amide bonds. The summed E-state index contributed by atoms with van der Waals surface area (Å²) in [5, 5.41) is 9.73. The number of nitrogens with zero attached hydrogens (tertiary/aromatic N) is 1. The highest BCUT2D eigenvalue weighted by molar-refractivity contribution is 14.0. The van der Waals surface area contributed by atoms with Crippen LogP contribution in [0, 0.1) is 11.8 Å². The van der Waals surface area contributed by atoms with Gasteiger partial charge in [-0.3, -0.25) is 9.79 Å². The second-order valence-electron chi connectivity index (χ2n) is 8.56. The fourth-order valence-electron chi connectivity index (χ4n) is 4.01. The topological polar surface area (TPSA) is 74.8 Å². The van der Waals surface area contributed by atoms with E-state index in [1.807, 2.05) is 24.3 Å². The molecule has 2 fully saturated rings. The van der Waals surface area contributed by atoms with Crippen molar-refractivity contribution in [2.24, 2.45) is 16.8 Å². The molecule has 0 bridgehead atoms. The summed E-state index contributed by atoms with van der Waals surface area (Å²) in [6.07, 6.45) is 8.87. The number of aliphatic imine (C=N–C) groups is 1. The molecule has 3 N–H and O–H groups in total. The van der Waals surface area contributed by atoms with E-state index in [9.17, 15) is 4.79 Å². The Bertz CT molecular complexity index is 694. The highest BCUT2D eigenvalue weighted by Gasteiger charge is 2.23. The standard InChI is InChI=1S/C23H36N4O2.HI/c1-17-5-3-6-18(13-17)11-12-25-23(24-2)26-15-19-7-4-8-21(14-19)29-16-22(28)27-20-9-10-20;/h4,7-8,14,17-18,20H,3,5-6,9-13,15-16H2,1-2H3,(H,27,28)(H2,24,25,26);1H. The second-order valence-corrected chi connectivity index (χ2v) is 8.56. The van der Waals surface area contributed by atoms with Gasteiger partial charge >= 0.3 is 0 Å². The molecule has 3 rings (SSSR count). The van der Waals surface area contributed by atoms with Crippen LogP contribution in [0.4, 0.5) is 0 Å². The Labute approximate surface area is 198 Å². The molecule has 1 aromatic rings. The molecule has 0 aromatic heterocycles. The lowest BCUT2D eigenvalue weighted by Crippen LogP contribution is -2.38. The van der Waals surface area contributed by atoms with E-state index in [0.717, 1.165) is 42.7 Å².